The van der Waals surface area contributed by atoms with Crippen molar-refractivity contribution in [2.75, 3.05) is 43.6 Å². The second-order valence-corrected chi connectivity index (χ2v) is 6.63. The van der Waals surface area contributed by atoms with Crippen molar-refractivity contribution in [2.24, 2.45) is 0 Å². The molecule has 1 fully saturated rings. The predicted octanol–water partition coefficient (Wildman–Crippen LogP) is 3.57. The fourth-order valence-electron chi connectivity index (χ4n) is 2.94. The van der Waals surface area contributed by atoms with Gasteiger partial charge in [-0.15, -0.1) is 0 Å². The molecule has 0 spiro atoms. The average molecular weight is 370 g/mol. The van der Waals surface area contributed by atoms with Gasteiger partial charge in [0.2, 0.25) is 0 Å². The summed E-state index contributed by atoms with van der Waals surface area (Å²) in [5.74, 6) is 0.974. The number of ether oxygens (including phenoxy) is 3. The molecule has 0 saturated carbocycles. The van der Waals surface area contributed by atoms with Crippen LogP contribution in [0.3, 0.4) is 0 Å². The SMILES string of the molecule is COc1cc(C(=O)Nc2ccc(N3CCOCC3)cc2)ccc1OC(C)C. The number of hydrogen-bond acceptors (Lipinski definition) is 5. The second kappa shape index (κ2) is 8.77. The molecule has 2 aromatic rings. The lowest BCUT2D eigenvalue weighted by Gasteiger charge is -2.28. The first-order valence-corrected chi connectivity index (χ1v) is 9.15. The molecular weight excluding hydrogens is 344 g/mol. The number of hydrogen-bond donors (Lipinski definition) is 1. The van der Waals surface area contributed by atoms with Crippen LogP contribution >= 0.6 is 0 Å². The third kappa shape index (κ3) is 4.92. The lowest BCUT2D eigenvalue weighted by molar-refractivity contribution is 0.102. The molecule has 6 nitrogen and oxygen atoms in total. The highest BCUT2D eigenvalue weighted by Crippen LogP contribution is 2.29. The van der Waals surface area contributed by atoms with Crippen LogP contribution in [0.1, 0.15) is 24.2 Å². The molecule has 1 amide bonds. The molecule has 1 heterocycles. The Bertz CT molecular complexity index is 768. The molecule has 1 N–H and O–H groups in total. The van der Waals surface area contributed by atoms with Gasteiger partial charge in [0.05, 0.1) is 26.4 Å². The van der Waals surface area contributed by atoms with Crippen molar-refractivity contribution in [3.8, 4) is 11.5 Å². The van der Waals surface area contributed by atoms with Crippen LogP contribution in [-0.4, -0.2) is 45.4 Å². The Hall–Kier alpha value is -2.73. The van der Waals surface area contributed by atoms with E-state index in [1.165, 1.54) is 0 Å². The highest BCUT2D eigenvalue weighted by Gasteiger charge is 2.14. The highest BCUT2D eigenvalue weighted by atomic mass is 16.5. The third-order valence-electron chi connectivity index (χ3n) is 4.29. The fourth-order valence-corrected chi connectivity index (χ4v) is 2.94. The minimum Gasteiger partial charge on any atom is -0.493 e. The number of benzene rings is 2. The number of amides is 1. The highest BCUT2D eigenvalue weighted by molar-refractivity contribution is 6.04. The lowest BCUT2D eigenvalue weighted by Crippen LogP contribution is -2.36. The second-order valence-electron chi connectivity index (χ2n) is 6.63. The number of carbonyl (C=O) groups is 1. The molecule has 3 rings (SSSR count). The molecule has 0 bridgehead atoms. The van der Waals surface area contributed by atoms with Gasteiger partial charge in [0.1, 0.15) is 0 Å². The first-order valence-electron chi connectivity index (χ1n) is 9.15. The van der Waals surface area contributed by atoms with Gasteiger partial charge in [0, 0.05) is 30.0 Å². The minimum absolute atomic E-state index is 0.0311. The summed E-state index contributed by atoms with van der Waals surface area (Å²) in [5.41, 5.74) is 2.40. The molecule has 1 saturated heterocycles. The van der Waals surface area contributed by atoms with Crippen LogP contribution in [0.4, 0.5) is 11.4 Å². The topological polar surface area (TPSA) is 60.0 Å². The van der Waals surface area contributed by atoms with Crippen LogP contribution in [0.5, 0.6) is 11.5 Å². The van der Waals surface area contributed by atoms with Crippen LogP contribution in [0.25, 0.3) is 0 Å². The van der Waals surface area contributed by atoms with Gasteiger partial charge in [0.25, 0.3) is 5.91 Å². The van der Waals surface area contributed by atoms with Crippen molar-refractivity contribution in [1.29, 1.82) is 0 Å². The van der Waals surface area contributed by atoms with Gasteiger partial charge in [-0.25, -0.2) is 0 Å². The molecule has 6 heteroatoms. The molecule has 0 radical (unpaired) electrons. The van der Waals surface area contributed by atoms with Crippen LogP contribution < -0.4 is 19.7 Å². The van der Waals surface area contributed by atoms with Crippen LogP contribution in [0.15, 0.2) is 42.5 Å². The first kappa shape index (κ1) is 19.0. The van der Waals surface area contributed by atoms with Crippen LogP contribution in [0, 0.1) is 0 Å². The molecule has 27 heavy (non-hydrogen) atoms. The molecule has 0 aliphatic carbocycles. The first-order chi connectivity index (χ1) is 13.1. The number of morpholine rings is 1. The largest absolute Gasteiger partial charge is 0.493 e. The molecule has 0 unspecified atom stereocenters. The summed E-state index contributed by atoms with van der Waals surface area (Å²) >= 11 is 0. The van der Waals surface area contributed by atoms with Gasteiger partial charge in [-0.05, 0) is 56.3 Å². The van der Waals surface area contributed by atoms with Gasteiger partial charge in [-0.2, -0.15) is 0 Å². The smallest absolute Gasteiger partial charge is 0.255 e. The van der Waals surface area contributed by atoms with E-state index in [-0.39, 0.29) is 12.0 Å². The Labute approximate surface area is 160 Å². The Kier molecular flexibility index (Phi) is 6.19. The minimum atomic E-state index is -0.191. The Morgan fingerprint density at radius 1 is 1.07 bits per heavy atom. The molecule has 1 aliphatic heterocycles. The Balaban J connectivity index is 1.67. The quantitative estimate of drug-likeness (QED) is 0.842. The maximum atomic E-state index is 12.6. The third-order valence-corrected chi connectivity index (χ3v) is 4.29. The summed E-state index contributed by atoms with van der Waals surface area (Å²) in [4.78, 5) is 14.8. The van der Waals surface area contributed by atoms with E-state index in [1.54, 1.807) is 25.3 Å². The van der Waals surface area contributed by atoms with E-state index in [4.69, 9.17) is 14.2 Å². The van der Waals surface area contributed by atoms with Crippen molar-refractivity contribution >= 4 is 17.3 Å². The van der Waals surface area contributed by atoms with Crippen molar-refractivity contribution in [3.63, 3.8) is 0 Å². The number of anilines is 2. The van der Waals surface area contributed by atoms with E-state index < -0.39 is 0 Å². The van der Waals surface area contributed by atoms with E-state index >= 15 is 0 Å². The summed E-state index contributed by atoms with van der Waals surface area (Å²) in [7, 11) is 1.56. The fraction of sp³-hybridized carbons (Fsp3) is 0.381. The standard InChI is InChI=1S/C21H26N2O4/c1-15(2)27-19-9-4-16(14-20(19)25-3)21(24)22-17-5-7-18(8-6-17)23-10-12-26-13-11-23/h4-9,14-15H,10-13H2,1-3H3,(H,22,24). The Morgan fingerprint density at radius 3 is 2.41 bits per heavy atom. The van der Waals surface area contributed by atoms with Gasteiger partial charge in [-0.3, -0.25) is 4.79 Å². The van der Waals surface area contributed by atoms with E-state index in [9.17, 15) is 4.79 Å². The van der Waals surface area contributed by atoms with Crippen LogP contribution in [0.2, 0.25) is 0 Å². The zero-order valence-corrected chi connectivity index (χ0v) is 16.0. The van der Waals surface area contributed by atoms with Gasteiger partial charge >= 0.3 is 0 Å². The van der Waals surface area contributed by atoms with Crippen molar-refractivity contribution in [1.82, 2.24) is 0 Å². The van der Waals surface area contributed by atoms with Crippen LogP contribution in [-0.2, 0) is 4.74 Å². The average Bonchev–Trinajstić information content (AvgIpc) is 2.69. The zero-order valence-electron chi connectivity index (χ0n) is 16.0. The van der Waals surface area contributed by atoms with E-state index in [2.05, 4.69) is 10.2 Å². The molecular formula is C21H26N2O4. The lowest BCUT2D eigenvalue weighted by atomic mass is 10.1. The van der Waals surface area contributed by atoms with Crippen molar-refractivity contribution in [3.05, 3.63) is 48.0 Å². The molecule has 2 aromatic carbocycles. The molecule has 144 valence electrons. The van der Waals surface area contributed by atoms with E-state index in [1.807, 2.05) is 38.1 Å². The normalized spacial score (nSPS) is 14.1. The predicted molar refractivity (Wildman–Crippen MR) is 106 cm³/mol. The summed E-state index contributed by atoms with van der Waals surface area (Å²) in [6.45, 7) is 7.15. The van der Waals surface area contributed by atoms with E-state index in [0.717, 1.165) is 37.7 Å². The maximum Gasteiger partial charge on any atom is 0.255 e. The number of methoxy groups -OCH3 is 1. The van der Waals surface area contributed by atoms with Crippen molar-refractivity contribution in [2.45, 2.75) is 20.0 Å². The van der Waals surface area contributed by atoms with Crippen molar-refractivity contribution < 1.29 is 19.0 Å². The number of carbonyl (C=O) groups excluding carboxylic acids is 1. The van der Waals surface area contributed by atoms with E-state index in [0.29, 0.717) is 17.1 Å². The number of nitrogens with zero attached hydrogens (tertiary/aromatic N) is 1. The summed E-state index contributed by atoms with van der Waals surface area (Å²) in [6, 6.07) is 13.0. The summed E-state index contributed by atoms with van der Waals surface area (Å²) in [6.07, 6.45) is 0.0311. The zero-order chi connectivity index (χ0) is 19.2. The summed E-state index contributed by atoms with van der Waals surface area (Å²) < 4.78 is 16.4. The number of nitrogens with one attached hydrogen (secondary N) is 1. The van der Waals surface area contributed by atoms with Gasteiger partial charge < -0.3 is 24.4 Å². The summed E-state index contributed by atoms with van der Waals surface area (Å²) in [5, 5.41) is 2.92. The van der Waals surface area contributed by atoms with Gasteiger partial charge in [-0.1, -0.05) is 0 Å². The molecule has 0 aromatic heterocycles. The maximum absolute atomic E-state index is 12.6. The molecule has 1 aliphatic rings. The molecule has 0 atom stereocenters. The number of rotatable bonds is 6. The monoisotopic (exact) mass is 370 g/mol. The Morgan fingerprint density at radius 2 is 1.78 bits per heavy atom. The van der Waals surface area contributed by atoms with Gasteiger partial charge in [0.15, 0.2) is 11.5 Å².